The number of aromatic nitrogens is 2. The van der Waals surface area contributed by atoms with Gasteiger partial charge in [0.2, 0.25) is 5.91 Å². The van der Waals surface area contributed by atoms with Crippen molar-refractivity contribution in [2.45, 2.75) is 51.7 Å². The summed E-state index contributed by atoms with van der Waals surface area (Å²) >= 11 is 0. The number of nitrogens with zero attached hydrogens (tertiary/aromatic N) is 3. The fourth-order valence-corrected chi connectivity index (χ4v) is 3.67. The molecule has 0 bridgehead atoms. The number of likely N-dealkylation sites (tertiary alicyclic amines) is 1. The van der Waals surface area contributed by atoms with Crippen molar-refractivity contribution in [2.24, 2.45) is 5.92 Å². The van der Waals surface area contributed by atoms with Gasteiger partial charge in [0.05, 0.1) is 12.4 Å². The number of amides is 1. The Morgan fingerprint density at radius 3 is 2.58 bits per heavy atom. The van der Waals surface area contributed by atoms with Gasteiger partial charge in [-0.1, -0.05) is 30.3 Å². The molecule has 1 aromatic carbocycles. The largest absolute Gasteiger partial charge is 0.349 e. The van der Waals surface area contributed by atoms with Crippen molar-refractivity contribution in [1.82, 2.24) is 19.8 Å². The van der Waals surface area contributed by atoms with Crippen molar-refractivity contribution in [1.29, 1.82) is 0 Å². The van der Waals surface area contributed by atoms with Crippen LogP contribution in [-0.2, 0) is 11.3 Å². The highest BCUT2D eigenvalue weighted by molar-refractivity contribution is 5.79. The van der Waals surface area contributed by atoms with E-state index in [9.17, 15) is 4.79 Å². The lowest BCUT2D eigenvalue weighted by atomic mass is 9.94. The highest BCUT2D eigenvalue weighted by Crippen LogP contribution is 2.23. The van der Waals surface area contributed by atoms with Crippen LogP contribution in [0.2, 0.25) is 0 Å². The summed E-state index contributed by atoms with van der Waals surface area (Å²) in [5, 5.41) is 3.32. The number of imidazole rings is 1. The van der Waals surface area contributed by atoms with E-state index < -0.39 is 0 Å². The first-order valence-corrected chi connectivity index (χ1v) is 9.68. The zero-order valence-corrected chi connectivity index (χ0v) is 15.8. The van der Waals surface area contributed by atoms with Crippen molar-refractivity contribution in [3.8, 4) is 0 Å². The van der Waals surface area contributed by atoms with Crippen molar-refractivity contribution >= 4 is 5.91 Å². The van der Waals surface area contributed by atoms with Crippen molar-refractivity contribution < 1.29 is 4.79 Å². The molecular formula is C21H30N4O. The number of piperidine rings is 1. The molecule has 2 heterocycles. The molecule has 5 heteroatoms. The Balaban J connectivity index is 1.60. The molecule has 2 aromatic rings. The summed E-state index contributed by atoms with van der Waals surface area (Å²) in [4.78, 5) is 19.4. The van der Waals surface area contributed by atoms with Gasteiger partial charge in [-0.25, -0.2) is 4.98 Å². The van der Waals surface area contributed by atoms with E-state index in [1.54, 1.807) is 6.20 Å². The lowest BCUT2D eigenvalue weighted by Gasteiger charge is -2.34. The molecule has 1 atom stereocenters. The minimum absolute atomic E-state index is 0.0363. The first-order valence-electron chi connectivity index (χ1n) is 9.68. The molecule has 0 radical (unpaired) electrons. The lowest BCUT2D eigenvalue weighted by Crippen LogP contribution is -2.43. The Morgan fingerprint density at radius 1 is 1.23 bits per heavy atom. The van der Waals surface area contributed by atoms with Gasteiger partial charge in [0, 0.05) is 30.9 Å². The van der Waals surface area contributed by atoms with Gasteiger partial charge in [-0.3, -0.25) is 4.79 Å². The number of rotatable bonds is 7. The standard InChI is InChI=1S/C21H30N4O/c1-17(2)25-13-8-19(9-14-25)21(26)23-20(18-6-4-3-5-7-18)10-12-24-15-11-22-16-24/h3-7,11,15-17,19-20H,8-10,12-14H2,1-2H3,(H,23,26)/t20-/m1/s1. The van der Waals surface area contributed by atoms with Gasteiger partial charge in [-0.2, -0.15) is 0 Å². The van der Waals surface area contributed by atoms with Gasteiger partial charge >= 0.3 is 0 Å². The van der Waals surface area contributed by atoms with Crippen LogP contribution in [0.1, 0.15) is 44.7 Å². The van der Waals surface area contributed by atoms with Gasteiger partial charge in [0.15, 0.2) is 0 Å². The van der Waals surface area contributed by atoms with E-state index in [0.29, 0.717) is 6.04 Å². The Labute approximate surface area is 156 Å². The van der Waals surface area contributed by atoms with E-state index in [1.807, 2.05) is 30.7 Å². The maximum atomic E-state index is 12.9. The van der Waals surface area contributed by atoms with E-state index in [0.717, 1.165) is 38.9 Å². The normalized spacial score (nSPS) is 17.3. The average Bonchev–Trinajstić information content (AvgIpc) is 3.19. The summed E-state index contributed by atoms with van der Waals surface area (Å²) < 4.78 is 2.06. The maximum Gasteiger partial charge on any atom is 0.223 e. The monoisotopic (exact) mass is 354 g/mol. The topological polar surface area (TPSA) is 50.2 Å². The molecule has 26 heavy (non-hydrogen) atoms. The predicted molar refractivity (Wildman–Crippen MR) is 104 cm³/mol. The number of hydrogen-bond donors (Lipinski definition) is 1. The molecule has 1 aliphatic rings. The first-order chi connectivity index (χ1) is 12.6. The van der Waals surface area contributed by atoms with E-state index >= 15 is 0 Å². The van der Waals surface area contributed by atoms with E-state index in [-0.39, 0.29) is 17.9 Å². The zero-order valence-electron chi connectivity index (χ0n) is 15.8. The Kier molecular flexibility index (Phi) is 6.45. The SMILES string of the molecule is CC(C)N1CCC(C(=O)N[C@H](CCn2ccnc2)c2ccccc2)CC1. The molecule has 1 saturated heterocycles. The van der Waals surface area contributed by atoms with E-state index in [1.165, 1.54) is 5.56 Å². The molecular weight excluding hydrogens is 324 g/mol. The van der Waals surface area contributed by atoms with Crippen molar-refractivity contribution in [3.05, 3.63) is 54.6 Å². The third kappa shape index (κ3) is 4.94. The molecule has 0 unspecified atom stereocenters. The second-order valence-electron chi connectivity index (χ2n) is 7.47. The van der Waals surface area contributed by atoms with Crippen LogP contribution in [-0.4, -0.2) is 39.5 Å². The van der Waals surface area contributed by atoms with Crippen molar-refractivity contribution in [3.63, 3.8) is 0 Å². The van der Waals surface area contributed by atoms with E-state index in [2.05, 4.69) is 45.7 Å². The molecule has 1 N–H and O–H groups in total. The highest BCUT2D eigenvalue weighted by Gasteiger charge is 2.27. The number of nitrogens with one attached hydrogen (secondary N) is 1. The molecule has 1 amide bonds. The molecule has 3 rings (SSSR count). The number of benzene rings is 1. The minimum atomic E-state index is 0.0363. The molecule has 5 nitrogen and oxygen atoms in total. The first kappa shape index (κ1) is 18.6. The van der Waals surface area contributed by atoms with Crippen LogP contribution in [0.25, 0.3) is 0 Å². The smallest absolute Gasteiger partial charge is 0.223 e. The van der Waals surface area contributed by atoms with E-state index in [4.69, 9.17) is 0 Å². The molecule has 1 aliphatic heterocycles. The van der Waals surface area contributed by atoms with Crippen LogP contribution >= 0.6 is 0 Å². The van der Waals surface area contributed by atoms with Crippen LogP contribution in [0.3, 0.4) is 0 Å². The summed E-state index contributed by atoms with van der Waals surface area (Å²) in [6.07, 6.45) is 8.34. The Bertz CT molecular complexity index is 661. The minimum Gasteiger partial charge on any atom is -0.349 e. The number of aryl methyl sites for hydroxylation is 1. The lowest BCUT2D eigenvalue weighted by molar-refractivity contribution is -0.127. The summed E-state index contributed by atoms with van der Waals surface area (Å²) in [5.41, 5.74) is 1.17. The quantitative estimate of drug-likeness (QED) is 0.830. The third-order valence-corrected chi connectivity index (χ3v) is 5.38. The van der Waals surface area contributed by atoms with Crippen molar-refractivity contribution in [2.75, 3.05) is 13.1 Å². The molecule has 140 valence electrons. The second-order valence-corrected chi connectivity index (χ2v) is 7.47. The van der Waals surface area contributed by atoms with Crippen LogP contribution in [0.4, 0.5) is 0 Å². The summed E-state index contributed by atoms with van der Waals surface area (Å²) in [5.74, 6) is 0.331. The molecule has 1 fully saturated rings. The molecule has 0 spiro atoms. The second kappa shape index (κ2) is 8.99. The fourth-order valence-electron chi connectivity index (χ4n) is 3.67. The van der Waals surface area contributed by atoms with Crippen LogP contribution in [0, 0.1) is 5.92 Å². The number of hydrogen-bond acceptors (Lipinski definition) is 3. The highest BCUT2D eigenvalue weighted by atomic mass is 16.1. The summed E-state index contributed by atoms with van der Waals surface area (Å²) in [6, 6.07) is 10.9. The maximum absolute atomic E-state index is 12.9. The summed E-state index contributed by atoms with van der Waals surface area (Å²) in [6.45, 7) is 7.32. The van der Waals surface area contributed by atoms with Gasteiger partial charge < -0.3 is 14.8 Å². The van der Waals surface area contributed by atoms with Gasteiger partial charge in [-0.05, 0) is 51.8 Å². The number of carbonyl (C=O) groups is 1. The average molecular weight is 354 g/mol. The van der Waals surface area contributed by atoms with Crippen LogP contribution in [0.5, 0.6) is 0 Å². The van der Waals surface area contributed by atoms with Gasteiger partial charge in [0.1, 0.15) is 0 Å². The molecule has 1 aromatic heterocycles. The molecule has 0 saturated carbocycles. The van der Waals surface area contributed by atoms with Crippen LogP contribution in [0.15, 0.2) is 49.1 Å². The predicted octanol–water partition coefficient (Wildman–Crippen LogP) is 3.25. The summed E-state index contributed by atoms with van der Waals surface area (Å²) in [7, 11) is 0. The number of carbonyl (C=O) groups excluding carboxylic acids is 1. The Morgan fingerprint density at radius 2 is 1.96 bits per heavy atom. The van der Waals surface area contributed by atoms with Crippen LogP contribution < -0.4 is 5.32 Å². The zero-order chi connectivity index (χ0) is 18.4. The fraction of sp³-hybridized carbons (Fsp3) is 0.524. The van der Waals surface area contributed by atoms with Gasteiger partial charge in [-0.15, -0.1) is 0 Å². The third-order valence-electron chi connectivity index (χ3n) is 5.38. The Hall–Kier alpha value is -2.14. The van der Waals surface area contributed by atoms with Gasteiger partial charge in [0.25, 0.3) is 0 Å². The molecule has 0 aliphatic carbocycles.